The van der Waals surface area contributed by atoms with Gasteiger partial charge in [0.15, 0.2) is 0 Å². The van der Waals surface area contributed by atoms with E-state index in [0.717, 1.165) is 22.1 Å². The lowest BCUT2D eigenvalue weighted by molar-refractivity contribution is 0.101. The van der Waals surface area contributed by atoms with E-state index in [1.165, 1.54) is 18.5 Å². The van der Waals surface area contributed by atoms with Crippen LogP contribution in [-0.4, -0.2) is 25.0 Å². The molecule has 0 saturated heterocycles. The lowest BCUT2D eigenvalue weighted by Crippen LogP contribution is -2.17. The molecule has 5 rings (SSSR count). The first-order chi connectivity index (χ1) is 14.6. The van der Waals surface area contributed by atoms with Crippen LogP contribution in [0.2, 0.25) is 0 Å². The minimum atomic E-state index is -0.344. The van der Waals surface area contributed by atoms with E-state index < -0.39 is 0 Å². The molecule has 6 nitrogen and oxygen atoms in total. The Morgan fingerprint density at radius 2 is 1.90 bits per heavy atom. The summed E-state index contributed by atoms with van der Waals surface area (Å²) < 4.78 is 17.6. The first-order valence-corrected chi connectivity index (χ1v) is 9.48. The molecule has 1 N–H and O–H groups in total. The van der Waals surface area contributed by atoms with E-state index >= 15 is 0 Å². The average Bonchev–Trinajstić information content (AvgIpc) is 3.29. The lowest BCUT2D eigenvalue weighted by Gasteiger charge is -2.11. The summed E-state index contributed by atoms with van der Waals surface area (Å²) in [5, 5.41) is 4.67. The van der Waals surface area contributed by atoms with Gasteiger partial charge in [-0.25, -0.2) is 14.4 Å². The molecular weight excluding hydrogens is 381 g/mol. The summed E-state index contributed by atoms with van der Waals surface area (Å²) in [5.74, 6) is -0.612. The molecule has 0 aliphatic carbocycles. The Hall–Kier alpha value is -4.00. The van der Waals surface area contributed by atoms with Crippen LogP contribution in [0, 0.1) is 5.82 Å². The number of nitrogens with zero attached hydrogens (tertiary/aromatic N) is 4. The summed E-state index contributed by atoms with van der Waals surface area (Å²) in [5.41, 5.74) is 3.73. The fourth-order valence-electron chi connectivity index (χ4n) is 3.73. The van der Waals surface area contributed by atoms with Gasteiger partial charge in [-0.05, 0) is 54.6 Å². The van der Waals surface area contributed by atoms with Crippen molar-refractivity contribution in [3.05, 3.63) is 90.5 Å². The van der Waals surface area contributed by atoms with Crippen molar-refractivity contribution < 1.29 is 9.18 Å². The maximum atomic E-state index is 13.8. The highest BCUT2D eigenvalue weighted by Crippen LogP contribution is 2.24. The van der Waals surface area contributed by atoms with Crippen molar-refractivity contribution in [1.82, 2.24) is 19.1 Å². The minimum Gasteiger partial charge on any atom is -0.351 e. The van der Waals surface area contributed by atoms with Crippen molar-refractivity contribution in [1.29, 1.82) is 0 Å². The van der Waals surface area contributed by atoms with Gasteiger partial charge in [0.05, 0.1) is 12.2 Å². The largest absolute Gasteiger partial charge is 0.351 e. The van der Waals surface area contributed by atoms with Gasteiger partial charge in [0.25, 0.3) is 5.91 Å². The SMILES string of the molecule is Cn1ccc2cc(NC(=O)c3cc4cc(F)ccc4n3Cc3ccncn3)ccc21. The van der Waals surface area contributed by atoms with Gasteiger partial charge in [-0.2, -0.15) is 0 Å². The van der Waals surface area contributed by atoms with Gasteiger partial charge in [0, 0.05) is 46.9 Å². The van der Waals surface area contributed by atoms with Crippen molar-refractivity contribution in [2.45, 2.75) is 6.54 Å². The van der Waals surface area contributed by atoms with Crippen molar-refractivity contribution >= 4 is 33.4 Å². The Bertz CT molecular complexity index is 1390. The second-order valence-electron chi connectivity index (χ2n) is 7.17. The zero-order chi connectivity index (χ0) is 20.7. The molecule has 30 heavy (non-hydrogen) atoms. The Morgan fingerprint density at radius 3 is 2.73 bits per heavy atom. The molecule has 0 radical (unpaired) electrons. The van der Waals surface area contributed by atoms with Crippen LogP contribution in [0.15, 0.2) is 73.3 Å². The molecule has 0 saturated carbocycles. The summed E-state index contributed by atoms with van der Waals surface area (Å²) in [6.45, 7) is 0.373. The van der Waals surface area contributed by atoms with E-state index in [0.29, 0.717) is 23.3 Å². The second kappa shape index (κ2) is 7.11. The van der Waals surface area contributed by atoms with Crippen LogP contribution in [0.25, 0.3) is 21.8 Å². The van der Waals surface area contributed by atoms with Gasteiger partial charge in [0.2, 0.25) is 0 Å². The molecule has 148 valence electrons. The van der Waals surface area contributed by atoms with Gasteiger partial charge in [-0.15, -0.1) is 0 Å². The van der Waals surface area contributed by atoms with E-state index in [9.17, 15) is 9.18 Å². The first-order valence-electron chi connectivity index (χ1n) is 9.48. The zero-order valence-electron chi connectivity index (χ0n) is 16.2. The highest BCUT2D eigenvalue weighted by molar-refractivity contribution is 6.07. The number of benzene rings is 2. The topological polar surface area (TPSA) is 64.7 Å². The fourth-order valence-corrected chi connectivity index (χ4v) is 3.73. The number of aryl methyl sites for hydroxylation is 1. The van der Waals surface area contributed by atoms with Crippen LogP contribution in [-0.2, 0) is 13.6 Å². The maximum absolute atomic E-state index is 13.8. The number of carbonyl (C=O) groups is 1. The summed E-state index contributed by atoms with van der Waals surface area (Å²) in [6, 6.07) is 15.8. The average molecular weight is 399 g/mol. The number of anilines is 1. The molecule has 0 fully saturated rings. The van der Waals surface area contributed by atoms with E-state index in [-0.39, 0.29) is 11.7 Å². The molecule has 3 aromatic heterocycles. The molecule has 2 aromatic carbocycles. The predicted molar refractivity (Wildman–Crippen MR) is 114 cm³/mol. The third-order valence-corrected chi connectivity index (χ3v) is 5.20. The Morgan fingerprint density at radius 1 is 1.03 bits per heavy atom. The predicted octanol–water partition coefficient (Wildman–Crippen LogP) is 4.36. The van der Waals surface area contributed by atoms with Crippen LogP contribution >= 0.6 is 0 Å². The molecule has 1 amide bonds. The van der Waals surface area contributed by atoms with Crippen molar-refractivity contribution in [3.63, 3.8) is 0 Å². The number of hydrogen-bond donors (Lipinski definition) is 1. The van der Waals surface area contributed by atoms with E-state index in [4.69, 9.17) is 0 Å². The lowest BCUT2D eigenvalue weighted by atomic mass is 10.2. The summed E-state index contributed by atoms with van der Waals surface area (Å²) in [4.78, 5) is 21.4. The molecule has 7 heteroatoms. The zero-order valence-corrected chi connectivity index (χ0v) is 16.2. The molecule has 0 bridgehead atoms. The minimum absolute atomic E-state index is 0.268. The first kappa shape index (κ1) is 18.1. The van der Waals surface area contributed by atoms with Gasteiger partial charge < -0.3 is 14.5 Å². The van der Waals surface area contributed by atoms with Crippen LogP contribution in [0.3, 0.4) is 0 Å². The molecule has 0 aliphatic heterocycles. The smallest absolute Gasteiger partial charge is 0.272 e. The number of rotatable bonds is 4. The molecule has 0 unspecified atom stereocenters. The van der Waals surface area contributed by atoms with Crippen molar-refractivity contribution in [2.75, 3.05) is 5.32 Å². The van der Waals surface area contributed by atoms with Gasteiger partial charge in [0.1, 0.15) is 17.8 Å². The normalized spacial score (nSPS) is 11.3. The molecular formula is C23H18FN5O. The Labute approximate surface area is 171 Å². The number of hydrogen-bond acceptors (Lipinski definition) is 3. The molecule has 0 atom stereocenters. The third kappa shape index (κ3) is 3.20. The number of aromatic nitrogens is 4. The monoisotopic (exact) mass is 399 g/mol. The van der Waals surface area contributed by atoms with E-state index in [1.54, 1.807) is 24.4 Å². The van der Waals surface area contributed by atoms with Gasteiger partial charge in [-0.3, -0.25) is 4.79 Å². The van der Waals surface area contributed by atoms with Crippen LogP contribution in [0.4, 0.5) is 10.1 Å². The molecule has 0 spiro atoms. The number of nitrogens with one attached hydrogen (secondary N) is 1. The highest BCUT2D eigenvalue weighted by Gasteiger charge is 2.17. The molecule has 0 aliphatic rings. The Kier molecular flexibility index (Phi) is 4.28. The maximum Gasteiger partial charge on any atom is 0.272 e. The van der Waals surface area contributed by atoms with Crippen LogP contribution in [0.5, 0.6) is 0 Å². The highest BCUT2D eigenvalue weighted by atomic mass is 19.1. The summed E-state index contributed by atoms with van der Waals surface area (Å²) in [6.07, 6.45) is 5.10. The van der Waals surface area contributed by atoms with Crippen LogP contribution < -0.4 is 5.32 Å². The van der Waals surface area contributed by atoms with Crippen molar-refractivity contribution in [2.24, 2.45) is 7.05 Å². The van der Waals surface area contributed by atoms with E-state index in [1.807, 2.05) is 46.6 Å². The standard InChI is InChI=1S/C23H18FN5O/c1-28-9-7-15-11-18(3-5-20(15)28)27-23(30)22-12-16-10-17(24)2-4-21(16)29(22)13-19-6-8-25-14-26-19/h2-12,14H,13H2,1H3,(H,27,30). The number of amides is 1. The number of fused-ring (bicyclic) bond motifs is 2. The van der Waals surface area contributed by atoms with E-state index in [2.05, 4.69) is 15.3 Å². The number of carbonyl (C=O) groups excluding carboxylic acids is 1. The summed E-state index contributed by atoms with van der Waals surface area (Å²) >= 11 is 0. The molecule has 3 heterocycles. The van der Waals surface area contributed by atoms with Gasteiger partial charge >= 0.3 is 0 Å². The van der Waals surface area contributed by atoms with Crippen molar-refractivity contribution in [3.8, 4) is 0 Å². The molecule has 5 aromatic rings. The quantitative estimate of drug-likeness (QED) is 0.488. The Balaban J connectivity index is 1.54. The second-order valence-corrected chi connectivity index (χ2v) is 7.17. The summed E-state index contributed by atoms with van der Waals surface area (Å²) in [7, 11) is 1.98. The van der Waals surface area contributed by atoms with Crippen LogP contribution in [0.1, 0.15) is 16.2 Å². The third-order valence-electron chi connectivity index (χ3n) is 5.20. The fraction of sp³-hybridized carbons (Fsp3) is 0.0870. The van der Waals surface area contributed by atoms with Gasteiger partial charge in [-0.1, -0.05) is 0 Å². The number of halogens is 1.